The summed E-state index contributed by atoms with van der Waals surface area (Å²) in [5, 5.41) is 15.2. The van der Waals surface area contributed by atoms with E-state index in [0.29, 0.717) is 18.5 Å². The minimum Gasteiger partial charge on any atom is -0.449 e. The van der Waals surface area contributed by atoms with Crippen molar-refractivity contribution in [1.29, 1.82) is 5.26 Å². The van der Waals surface area contributed by atoms with Crippen molar-refractivity contribution in [3.05, 3.63) is 23.8 Å². The van der Waals surface area contributed by atoms with Crippen molar-refractivity contribution in [1.82, 2.24) is 5.32 Å². The number of carbonyl (C=O) groups excluding carboxylic acids is 3. The van der Waals surface area contributed by atoms with Gasteiger partial charge in [-0.15, -0.1) is 0 Å². The second-order valence-electron chi connectivity index (χ2n) is 8.36. The summed E-state index contributed by atoms with van der Waals surface area (Å²) >= 11 is 0. The number of esters is 1. The Morgan fingerprint density at radius 1 is 1.30 bits per heavy atom. The van der Waals surface area contributed by atoms with Crippen molar-refractivity contribution in [2.45, 2.75) is 69.6 Å². The van der Waals surface area contributed by atoms with Crippen LogP contribution in [0.1, 0.15) is 62.2 Å². The summed E-state index contributed by atoms with van der Waals surface area (Å²) in [4.78, 5) is 39.5. The number of carbonyl (C=O) groups is 3. The molecule has 3 aliphatic rings. The lowest BCUT2D eigenvalue weighted by molar-refractivity contribution is -0.130. The van der Waals surface area contributed by atoms with E-state index in [2.05, 4.69) is 21.6 Å². The van der Waals surface area contributed by atoms with Gasteiger partial charge in [-0.25, -0.2) is 4.79 Å². The SMILES string of the molecule is C[C@@H](OC(=O)c1ccc2c(c1)NC(=O)[C@H]1CCCN21)C(=O)NC1(C#N)CCCCC1. The van der Waals surface area contributed by atoms with E-state index in [1.54, 1.807) is 18.2 Å². The van der Waals surface area contributed by atoms with Crippen LogP contribution in [0, 0.1) is 11.3 Å². The molecular weight excluding hydrogens is 384 g/mol. The third-order valence-electron chi connectivity index (χ3n) is 6.29. The van der Waals surface area contributed by atoms with Gasteiger partial charge >= 0.3 is 5.97 Å². The molecule has 0 aromatic heterocycles. The number of fused-ring (bicyclic) bond motifs is 3. The molecule has 2 atom stereocenters. The normalized spacial score (nSPS) is 22.7. The van der Waals surface area contributed by atoms with Gasteiger partial charge in [0.2, 0.25) is 5.91 Å². The Hall–Kier alpha value is -3.08. The molecule has 0 unspecified atom stereocenters. The number of amides is 2. The molecule has 0 bridgehead atoms. The van der Waals surface area contributed by atoms with Gasteiger partial charge in [-0.05, 0) is 50.8 Å². The highest BCUT2D eigenvalue weighted by Crippen LogP contribution is 2.37. The maximum absolute atomic E-state index is 12.6. The fourth-order valence-electron chi connectivity index (χ4n) is 4.60. The van der Waals surface area contributed by atoms with E-state index in [1.807, 2.05) is 0 Å². The highest BCUT2D eigenvalue weighted by atomic mass is 16.5. The van der Waals surface area contributed by atoms with Crippen LogP contribution in [0.25, 0.3) is 0 Å². The number of nitrogens with zero attached hydrogens (tertiary/aromatic N) is 2. The van der Waals surface area contributed by atoms with E-state index in [-0.39, 0.29) is 17.5 Å². The van der Waals surface area contributed by atoms with E-state index in [4.69, 9.17) is 4.74 Å². The minimum absolute atomic E-state index is 0.0625. The number of hydrogen-bond acceptors (Lipinski definition) is 6. The van der Waals surface area contributed by atoms with Crippen molar-refractivity contribution < 1.29 is 19.1 Å². The van der Waals surface area contributed by atoms with Gasteiger partial charge < -0.3 is 20.3 Å². The first-order valence-electron chi connectivity index (χ1n) is 10.6. The van der Waals surface area contributed by atoms with E-state index in [0.717, 1.165) is 44.3 Å². The fraction of sp³-hybridized carbons (Fsp3) is 0.545. The van der Waals surface area contributed by atoms with Gasteiger partial charge in [-0.1, -0.05) is 19.3 Å². The maximum Gasteiger partial charge on any atom is 0.338 e. The molecule has 2 aliphatic heterocycles. The predicted octanol–water partition coefficient (Wildman–Crippen LogP) is 2.50. The summed E-state index contributed by atoms with van der Waals surface area (Å²) in [6.07, 6.45) is 4.80. The lowest BCUT2D eigenvalue weighted by atomic mass is 9.83. The zero-order valence-electron chi connectivity index (χ0n) is 17.1. The highest BCUT2D eigenvalue weighted by Gasteiger charge is 2.37. The summed E-state index contributed by atoms with van der Waals surface area (Å²) in [5.41, 5.74) is 0.861. The molecule has 1 aromatic rings. The Balaban J connectivity index is 1.42. The quantitative estimate of drug-likeness (QED) is 0.738. The second-order valence-corrected chi connectivity index (χ2v) is 8.36. The van der Waals surface area contributed by atoms with Crippen LogP contribution in [0.3, 0.4) is 0 Å². The van der Waals surface area contributed by atoms with Crippen molar-refractivity contribution in [2.24, 2.45) is 0 Å². The summed E-state index contributed by atoms with van der Waals surface area (Å²) in [7, 11) is 0. The maximum atomic E-state index is 12.6. The van der Waals surface area contributed by atoms with E-state index < -0.39 is 23.5 Å². The number of nitriles is 1. The van der Waals surface area contributed by atoms with Gasteiger partial charge in [0.1, 0.15) is 11.6 Å². The van der Waals surface area contributed by atoms with Crippen LogP contribution in [-0.4, -0.2) is 42.0 Å². The minimum atomic E-state index is -1.03. The molecule has 1 aliphatic carbocycles. The summed E-state index contributed by atoms with van der Waals surface area (Å²) in [6.45, 7) is 2.31. The van der Waals surface area contributed by atoms with Gasteiger partial charge in [0.15, 0.2) is 6.10 Å². The highest BCUT2D eigenvalue weighted by molar-refractivity contribution is 6.05. The van der Waals surface area contributed by atoms with Gasteiger partial charge in [0.25, 0.3) is 5.91 Å². The predicted molar refractivity (Wildman–Crippen MR) is 110 cm³/mol. The Morgan fingerprint density at radius 2 is 2.07 bits per heavy atom. The zero-order chi connectivity index (χ0) is 21.3. The zero-order valence-corrected chi connectivity index (χ0v) is 17.1. The molecule has 8 nitrogen and oxygen atoms in total. The molecule has 158 valence electrons. The number of nitrogens with one attached hydrogen (secondary N) is 2. The molecule has 1 saturated carbocycles. The third-order valence-corrected chi connectivity index (χ3v) is 6.29. The molecule has 0 spiro atoms. The molecule has 1 saturated heterocycles. The average Bonchev–Trinajstić information content (AvgIpc) is 3.25. The van der Waals surface area contributed by atoms with Crippen LogP contribution in [-0.2, 0) is 14.3 Å². The van der Waals surface area contributed by atoms with Crippen LogP contribution in [0.5, 0.6) is 0 Å². The third kappa shape index (κ3) is 3.72. The van der Waals surface area contributed by atoms with Gasteiger partial charge in [0, 0.05) is 6.54 Å². The van der Waals surface area contributed by atoms with Gasteiger partial charge in [-0.3, -0.25) is 9.59 Å². The number of benzene rings is 1. The number of anilines is 2. The van der Waals surface area contributed by atoms with Crippen LogP contribution < -0.4 is 15.5 Å². The first kappa shape index (κ1) is 20.2. The van der Waals surface area contributed by atoms with Crippen LogP contribution in [0.2, 0.25) is 0 Å². The Labute approximate surface area is 175 Å². The smallest absolute Gasteiger partial charge is 0.338 e. The number of hydrogen-bond donors (Lipinski definition) is 2. The molecule has 4 rings (SSSR count). The lowest BCUT2D eigenvalue weighted by Crippen LogP contribution is -2.52. The largest absolute Gasteiger partial charge is 0.449 e. The van der Waals surface area contributed by atoms with E-state index in [9.17, 15) is 19.6 Å². The van der Waals surface area contributed by atoms with Crippen molar-refractivity contribution in [3.8, 4) is 6.07 Å². The van der Waals surface area contributed by atoms with Crippen molar-refractivity contribution >= 4 is 29.2 Å². The van der Waals surface area contributed by atoms with Crippen LogP contribution in [0.4, 0.5) is 11.4 Å². The topological polar surface area (TPSA) is 112 Å². The van der Waals surface area contributed by atoms with E-state index in [1.165, 1.54) is 6.92 Å². The first-order valence-corrected chi connectivity index (χ1v) is 10.6. The average molecular weight is 410 g/mol. The second kappa shape index (κ2) is 7.98. The lowest BCUT2D eigenvalue weighted by Gasteiger charge is -2.33. The molecular formula is C22H26N4O4. The van der Waals surface area contributed by atoms with Crippen LogP contribution >= 0.6 is 0 Å². The van der Waals surface area contributed by atoms with Gasteiger partial charge in [-0.2, -0.15) is 5.26 Å². The Kier molecular flexibility index (Phi) is 5.37. The van der Waals surface area contributed by atoms with Crippen LogP contribution in [0.15, 0.2) is 18.2 Å². The van der Waals surface area contributed by atoms with Crippen molar-refractivity contribution in [3.63, 3.8) is 0 Å². The molecule has 8 heteroatoms. The summed E-state index contributed by atoms with van der Waals surface area (Å²) in [6, 6.07) is 7.13. The molecule has 2 N–H and O–H groups in total. The molecule has 2 heterocycles. The first-order chi connectivity index (χ1) is 14.4. The number of rotatable bonds is 4. The molecule has 2 amide bonds. The summed E-state index contributed by atoms with van der Waals surface area (Å²) in [5.74, 6) is -1.18. The summed E-state index contributed by atoms with van der Waals surface area (Å²) < 4.78 is 5.35. The molecule has 30 heavy (non-hydrogen) atoms. The van der Waals surface area contributed by atoms with E-state index >= 15 is 0 Å². The fourth-order valence-corrected chi connectivity index (χ4v) is 4.60. The standard InChI is InChI=1S/C22H26N4O4/c1-14(19(27)25-22(13-23)9-3-2-4-10-22)30-21(29)15-7-8-17-16(12-15)24-20(28)18-6-5-11-26(17)18/h7-8,12,14,18H,2-6,9-11H2,1H3,(H,24,28)(H,25,27)/t14-,18-/m1/s1. The Bertz CT molecular complexity index is 916. The van der Waals surface area contributed by atoms with Crippen molar-refractivity contribution in [2.75, 3.05) is 16.8 Å². The Morgan fingerprint density at radius 3 is 2.80 bits per heavy atom. The molecule has 1 aromatic carbocycles. The van der Waals surface area contributed by atoms with Gasteiger partial charge in [0.05, 0.1) is 23.0 Å². The number of ether oxygens (including phenoxy) is 1. The monoisotopic (exact) mass is 410 g/mol. The molecule has 2 fully saturated rings. The molecule has 0 radical (unpaired) electrons.